The van der Waals surface area contributed by atoms with E-state index in [0.29, 0.717) is 11.6 Å². The van der Waals surface area contributed by atoms with Gasteiger partial charge in [-0.25, -0.2) is 15.0 Å². The zero-order valence-corrected chi connectivity index (χ0v) is 14.1. The number of oxazole rings is 1. The average molecular weight is 337 g/mol. The third kappa shape index (κ3) is 2.67. The van der Waals surface area contributed by atoms with Crippen LogP contribution in [0.5, 0.6) is 0 Å². The first-order valence-electron chi connectivity index (χ1n) is 7.49. The molecule has 0 aliphatic rings. The normalized spacial score (nSPS) is 11.2. The van der Waals surface area contributed by atoms with Gasteiger partial charge >= 0.3 is 0 Å². The van der Waals surface area contributed by atoms with Crippen LogP contribution < -0.4 is 0 Å². The summed E-state index contributed by atoms with van der Waals surface area (Å²) in [6.07, 6.45) is 3.36. The number of aryl methyl sites for hydroxylation is 2. The van der Waals surface area contributed by atoms with Crippen molar-refractivity contribution in [1.82, 2.24) is 24.7 Å². The van der Waals surface area contributed by atoms with Gasteiger partial charge in [-0.2, -0.15) is 5.10 Å². The highest BCUT2D eigenvalue weighted by molar-refractivity contribution is 7.98. The van der Waals surface area contributed by atoms with E-state index in [9.17, 15) is 0 Å². The molecular weight excluding hydrogens is 322 g/mol. The largest absolute Gasteiger partial charge is 0.441 e. The van der Waals surface area contributed by atoms with Crippen molar-refractivity contribution in [2.45, 2.75) is 17.7 Å². The summed E-state index contributed by atoms with van der Waals surface area (Å²) in [7, 11) is 1.87. The lowest BCUT2D eigenvalue weighted by Crippen LogP contribution is -1.93. The molecule has 0 saturated heterocycles. The van der Waals surface area contributed by atoms with Crippen LogP contribution in [-0.4, -0.2) is 24.7 Å². The van der Waals surface area contributed by atoms with Gasteiger partial charge < -0.3 is 4.42 Å². The van der Waals surface area contributed by atoms with Crippen LogP contribution in [0.15, 0.2) is 52.3 Å². The first-order valence-corrected chi connectivity index (χ1v) is 8.48. The summed E-state index contributed by atoms with van der Waals surface area (Å²) in [6.45, 7) is 1.94. The molecule has 0 radical (unpaired) electrons. The minimum Gasteiger partial charge on any atom is -0.441 e. The van der Waals surface area contributed by atoms with Crippen LogP contribution in [0.2, 0.25) is 0 Å². The number of aromatic nitrogens is 5. The molecule has 0 N–H and O–H groups in total. The highest BCUT2D eigenvalue weighted by Crippen LogP contribution is 2.29. The predicted octanol–water partition coefficient (Wildman–Crippen LogP) is 3.62. The fraction of sp³-hybridized carbons (Fsp3) is 0.176. The van der Waals surface area contributed by atoms with Gasteiger partial charge in [0.1, 0.15) is 17.1 Å². The number of hydrogen-bond acceptors (Lipinski definition) is 6. The molecular formula is C17H15N5OS. The number of rotatable bonds is 4. The molecule has 1 aromatic carbocycles. The molecule has 0 unspecified atom stereocenters. The average Bonchev–Trinajstić information content (AvgIpc) is 3.18. The van der Waals surface area contributed by atoms with Gasteiger partial charge in [0.25, 0.3) is 0 Å². The van der Waals surface area contributed by atoms with Crippen LogP contribution in [-0.2, 0) is 12.8 Å². The van der Waals surface area contributed by atoms with Crippen LogP contribution in [0.25, 0.3) is 22.5 Å². The Bertz CT molecular complexity index is 993. The number of benzene rings is 1. The predicted molar refractivity (Wildman–Crippen MR) is 92.5 cm³/mol. The van der Waals surface area contributed by atoms with Crippen molar-refractivity contribution in [3.05, 3.63) is 54.3 Å². The summed E-state index contributed by atoms with van der Waals surface area (Å²) in [5.74, 6) is 2.17. The summed E-state index contributed by atoms with van der Waals surface area (Å²) >= 11 is 1.61. The Morgan fingerprint density at radius 2 is 2.00 bits per heavy atom. The van der Waals surface area contributed by atoms with Gasteiger partial charge in [0.2, 0.25) is 5.89 Å². The molecule has 0 atom stereocenters. The molecule has 0 bridgehead atoms. The maximum atomic E-state index is 5.81. The van der Waals surface area contributed by atoms with Crippen LogP contribution in [0, 0.1) is 6.92 Å². The van der Waals surface area contributed by atoms with E-state index in [0.717, 1.165) is 33.1 Å². The second-order valence-corrected chi connectivity index (χ2v) is 6.32. The Balaban J connectivity index is 1.59. The molecule has 0 aliphatic carbocycles. The van der Waals surface area contributed by atoms with Gasteiger partial charge in [0.15, 0.2) is 5.65 Å². The summed E-state index contributed by atoms with van der Waals surface area (Å²) < 4.78 is 7.55. The number of thioether (sulfide) groups is 1. The molecule has 0 saturated carbocycles. The summed E-state index contributed by atoms with van der Waals surface area (Å²) in [6, 6.07) is 9.91. The van der Waals surface area contributed by atoms with Gasteiger partial charge in [-0.3, -0.25) is 4.68 Å². The SMILES string of the molecule is Cc1oc(-c2ccccc2)nc1CSc1ncnc2c1cnn2C. The van der Waals surface area contributed by atoms with E-state index >= 15 is 0 Å². The standard InChI is InChI=1S/C17H15N5OS/c1-11-14(21-16(23-11)12-6-4-3-5-7-12)9-24-17-13-8-20-22(2)15(13)18-10-19-17/h3-8,10H,9H2,1-2H3. The second-order valence-electron chi connectivity index (χ2n) is 5.36. The molecule has 6 nitrogen and oxygen atoms in total. The Morgan fingerprint density at radius 1 is 1.17 bits per heavy atom. The van der Waals surface area contributed by atoms with E-state index in [1.165, 1.54) is 0 Å². The number of hydrogen-bond donors (Lipinski definition) is 0. The van der Waals surface area contributed by atoms with Crippen molar-refractivity contribution in [2.75, 3.05) is 0 Å². The summed E-state index contributed by atoms with van der Waals surface area (Å²) in [4.78, 5) is 13.3. The van der Waals surface area contributed by atoms with Crippen molar-refractivity contribution in [1.29, 1.82) is 0 Å². The maximum absolute atomic E-state index is 5.81. The smallest absolute Gasteiger partial charge is 0.226 e. The third-order valence-electron chi connectivity index (χ3n) is 3.75. The van der Waals surface area contributed by atoms with Gasteiger partial charge in [0.05, 0.1) is 17.3 Å². The van der Waals surface area contributed by atoms with Crippen LogP contribution in [0.1, 0.15) is 11.5 Å². The molecule has 4 aromatic rings. The van der Waals surface area contributed by atoms with Crippen molar-refractivity contribution in [3.63, 3.8) is 0 Å². The molecule has 4 rings (SSSR count). The second kappa shape index (κ2) is 6.09. The van der Waals surface area contributed by atoms with Crippen molar-refractivity contribution >= 4 is 22.8 Å². The highest BCUT2D eigenvalue weighted by Gasteiger charge is 2.14. The van der Waals surface area contributed by atoms with E-state index in [1.807, 2.05) is 44.3 Å². The molecule has 0 aliphatic heterocycles. The van der Waals surface area contributed by atoms with Gasteiger partial charge in [-0.1, -0.05) is 30.0 Å². The lowest BCUT2D eigenvalue weighted by atomic mass is 10.2. The lowest BCUT2D eigenvalue weighted by molar-refractivity contribution is 0.540. The maximum Gasteiger partial charge on any atom is 0.226 e. The third-order valence-corrected chi connectivity index (χ3v) is 4.77. The zero-order valence-electron chi connectivity index (χ0n) is 13.3. The van der Waals surface area contributed by atoms with Gasteiger partial charge in [0, 0.05) is 18.4 Å². The first kappa shape index (κ1) is 14.9. The summed E-state index contributed by atoms with van der Waals surface area (Å²) in [5, 5.41) is 6.09. The van der Waals surface area contributed by atoms with E-state index in [-0.39, 0.29) is 0 Å². The fourth-order valence-corrected chi connectivity index (χ4v) is 3.42. The molecule has 0 amide bonds. The Hall–Kier alpha value is -2.67. The minimum absolute atomic E-state index is 0.651. The number of fused-ring (bicyclic) bond motifs is 1. The van der Waals surface area contributed by atoms with Crippen LogP contribution >= 0.6 is 11.8 Å². The van der Waals surface area contributed by atoms with Crippen LogP contribution in [0.4, 0.5) is 0 Å². The van der Waals surface area contributed by atoms with Crippen molar-refractivity contribution < 1.29 is 4.42 Å². The molecule has 24 heavy (non-hydrogen) atoms. The van der Waals surface area contributed by atoms with Gasteiger partial charge in [-0.15, -0.1) is 0 Å². The lowest BCUT2D eigenvalue weighted by Gasteiger charge is -2.00. The van der Waals surface area contributed by atoms with E-state index in [4.69, 9.17) is 4.42 Å². The van der Waals surface area contributed by atoms with Crippen LogP contribution in [0.3, 0.4) is 0 Å². The fourth-order valence-electron chi connectivity index (χ4n) is 2.46. The molecule has 3 aromatic heterocycles. The molecule has 0 spiro atoms. The summed E-state index contributed by atoms with van der Waals surface area (Å²) in [5.41, 5.74) is 2.73. The van der Waals surface area contributed by atoms with E-state index in [2.05, 4.69) is 20.1 Å². The zero-order chi connectivity index (χ0) is 16.5. The molecule has 0 fully saturated rings. The molecule has 3 heterocycles. The van der Waals surface area contributed by atoms with Gasteiger partial charge in [-0.05, 0) is 19.1 Å². The topological polar surface area (TPSA) is 69.6 Å². The monoisotopic (exact) mass is 337 g/mol. The Kier molecular flexibility index (Phi) is 3.78. The minimum atomic E-state index is 0.651. The molecule has 120 valence electrons. The van der Waals surface area contributed by atoms with Crippen molar-refractivity contribution in [3.8, 4) is 11.5 Å². The quantitative estimate of drug-likeness (QED) is 0.418. The molecule has 7 heteroatoms. The first-order chi connectivity index (χ1) is 11.7. The van der Waals surface area contributed by atoms with Crippen molar-refractivity contribution in [2.24, 2.45) is 7.05 Å². The van der Waals surface area contributed by atoms with E-state index in [1.54, 1.807) is 29.0 Å². The Labute approximate surface area is 143 Å². The Morgan fingerprint density at radius 3 is 2.83 bits per heavy atom. The number of nitrogens with zero attached hydrogens (tertiary/aromatic N) is 5. The highest BCUT2D eigenvalue weighted by atomic mass is 32.2. The van der Waals surface area contributed by atoms with E-state index < -0.39 is 0 Å².